The predicted octanol–water partition coefficient (Wildman–Crippen LogP) is 1.82. The molecule has 0 bridgehead atoms. The molecule has 1 aromatic heterocycles. The summed E-state index contributed by atoms with van der Waals surface area (Å²) in [5, 5.41) is 0. The monoisotopic (exact) mass is 154 g/mol. The lowest BCUT2D eigenvalue weighted by Crippen LogP contribution is -1.91. The van der Waals surface area contributed by atoms with E-state index in [4.69, 9.17) is 0 Å². The first-order chi connectivity index (χ1) is 4.74. The van der Waals surface area contributed by atoms with E-state index in [0.29, 0.717) is 0 Å². The van der Waals surface area contributed by atoms with Crippen molar-refractivity contribution in [1.29, 1.82) is 0 Å². The smallest absolute Gasteiger partial charge is 0.125 e. The Kier molecular flexibility index (Phi) is 2.27. The Morgan fingerprint density at radius 3 is 2.60 bits per heavy atom. The molecule has 0 saturated heterocycles. The Balaban J connectivity index is 3.07. The SMILES string of the molecule is CSc1cnc(C)nc1C. The van der Waals surface area contributed by atoms with E-state index >= 15 is 0 Å². The largest absolute Gasteiger partial charge is 0.241 e. The maximum absolute atomic E-state index is 4.21. The van der Waals surface area contributed by atoms with Crippen molar-refractivity contribution in [3.05, 3.63) is 17.7 Å². The van der Waals surface area contributed by atoms with Gasteiger partial charge < -0.3 is 0 Å². The fourth-order valence-electron chi connectivity index (χ4n) is 0.773. The van der Waals surface area contributed by atoms with Crippen LogP contribution < -0.4 is 0 Å². The van der Waals surface area contributed by atoms with Gasteiger partial charge in [-0.15, -0.1) is 11.8 Å². The molecule has 54 valence electrons. The minimum Gasteiger partial charge on any atom is -0.241 e. The zero-order chi connectivity index (χ0) is 7.56. The fourth-order valence-corrected chi connectivity index (χ4v) is 1.27. The number of aromatic nitrogens is 2. The van der Waals surface area contributed by atoms with Gasteiger partial charge in [0.1, 0.15) is 5.82 Å². The highest BCUT2D eigenvalue weighted by molar-refractivity contribution is 7.98. The van der Waals surface area contributed by atoms with Crippen LogP contribution in [0.3, 0.4) is 0 Å². The molecule has 1 rings (SSSR count). The van der Waals surface area contributed by atoms with Crippen molar-refractivity contribution < 1.29 is 0 Å². The van der Waals surface area contributed by atoms with E-state index in [1.807, 2.05) is 26.3 Å². The lowest BCUT2D eigenvalue weighted by molar-refractivity contribution is 0.959. The Morgan fingerprint density at radius 1 is 1.40 bits per heavy atom. The van der Waals surface area contributed by atoms with Crippen molar-refractivity contribution in [3.63, 3.8) is 0 Å². The maximum Gasteiger partial charge on any atom is 0.125 e. The number of thioether (sulfide) groups is 1. The molecule has 0 saturated carbocycles. The second kappa shape index (κ2) is 3.01. The molecular formula is C7H10N2S. The summed E-state index contributed by atoms with van der Waals surface area (Å²) in [7, 11) is 0. The van der Waals surface area contributed by atoms with E-state index in [1.165, 1.54) is 0 Å². The molecule has 0 spiro atoms. The highest BCUT2D eigenvalue weighted by Crippen LogP contribution is 2.15. The molecule has 0 aliphatic rings. The minimum atomic E-state index is 0.843. The Labute approximate surface area is 65.1 Å². The van der Waals surface area contributed by atoms with Crippen LogP contribution in [-0.2, 0) is 0 Å². The normalized spacial score (nSPS) is 9.90. The van der Waals surface area contributed by atoms with Gasteiger partial charge in [0.15, 0.2) is 0 Å². The Bertz CT molecular complexity index is 235. The number of rotatable bonds is 1. The zero-order valence-corrected chi connectivity index (χ0v) is 7.20. The molecule has 1 heterocycles. The lowest BCUT2D eigenvalue weighted by Gasteiger charge is -1.99. The summed E-state index contributed by atoms with van der Waals surface area (Å²) < 4.78 is 0. The van der Waals surface area contributed by atoms with Gasteiger partial charge >= 0.3 is 0 Å². The minimum absolute atomic E-state index is 0.843. The molecule has 0 aliphatic heterocycles. The highest BCUT2D eigenvalue weighted by atomic mass is 32.2. The summed E-state index contributed by atoms with van der Waals surface area (Å²) in [4.78, 5) is 9.45. The van der Waals surface area contributed by atoms with Crippen molar-refractivity contribution in [1.82, 2.24) is 9.97 Å². The van der Waals surface area contributed by atoms with Crippen LogP contribution in [0.5, 0.6) is 0 Å². The van der Waals surface area contributed by atoms with Gasteiger partial charge in [0.25, 0.3) is 0 Å². The average Bonchev–Trinajstić information content (AvgIpc) is 1.88. The van der Waals surface area contributed by atoms with E-state index in [9.17, 15) is 0 Å². The van der Waals surface area contributed by atoms with Gasteiger partial charge in [0, 0.05) is 11.1 Å². The van der Waals surface area contributed by atoms with Crippen LogP contribution in [0, 0.1) is 13.8 Å². The number of hydrogen-bond donors (Lipinski definition) is 0. The average molecular weight is 154 g/mol. The first kappa shape index (κ1) is 7.54. The predicted molar refractivity (Wildman–Crippen MR) is 43.3 cm³/mol. The van der Waals surface area contributed by atoms with Gasteiger partial charge in [0.05, 0.1) is 5.69 Å². The van der Waals surface area contributed by atoms with Crippen molar-refractivity contribution in [2.24, 2.45) is 0 Å². The Morgan fingerprint density at radius 2 is 2.10 bits per heavy atom. The van der Waals surface area contributed by atoms with Crippen LogP contribution >= 0.6 is 11.8 Å². The van der Waals surface area contributed by atoms with E-state index in [1.54, 1.807) is 11.8 Å². The molecule has 0 fully saturated rings. The molecule has 0 aromatic carbocycles. The van der Waals surface area contributed by atoms with Crippen LogP contribution in [0.4, 0.5) is 0 Å². The first-order valence-corrected chi connectivity index (χ1v) is 4.30. The van der Waals surface area contributed by atoms with E-state index in [-0.39, 0.29) is 0 Å². The summed E-state index contributed by atoms with van der Waals surface area (Å²) in [5.41, 5.74) is 1.07. The summed E-state index contributed by atoms with van der Waals surface area (Å²) in [6, 6.07) is 0. The summed E-state index contributed by atoms with van der Waals surface area (Å²) in [5.74, 6) is 0.843. The van der Waals surface area contributed by atoms with Crippen LogP contribution in [0.2, 0.25) is 0 Å². The van der Waals surface area contributed by atoms with Crippen LogP contribution in [-0.4, -0.2) is 16.2 Å². The van der Waals surface area contributed by atoms with Gasteiger partial charge in [-0.05, 0) is 20.1 Å². The first-order valence-electron chi connectivity index (χ1n) is 3.08. The standard InChI is InChI=1S/C7H10N2S/c1-5-7(10-3)4-8-6(2)9-5/h4H,1-3H3. The van der Waals surface area contributed by atoms with Crippen molar-refractivity contribution in [2.45, 2.75) is 18.7 Å². The van der Waals surface area contributed by atoms with Crippen molar-refractivity contribution >= 4 is 11.8 Å². The number of hydrogen-bond acceptors (Lipinski definition) is 3. The van der Waals surface area contributed by atoms with Gasteiger partial charge in [-0.1, -0.05) is 0 Å². The molecule has 0 unspecified atom stereocenters. The van der Waals surface area contributed by atoms with Gasteiger partial charge in [-0.2, -0.15) is 0 Å². The highest BCUT2D eigenvalue weighted by Gasteiger charge is 1.96. The van der Waals surface area contributed by atoms with Crippen LogP contribution in [0.25, 0.3) is 0 Å². The van der Waals surface area contributed by atoms with E-state index in [0.717, 1.165) is 16.4 Å². The third-order valence-corrected chi connectivity index (χ3v) is 2.12. The Hall–Kier alpha value is -0.570. The van der Waals surface area contributed by atoms with Gasteiger partial charge in [0.2, 0.25) is 0 Å². The molecule has 2 nitrogen and oxygen atoms in total. The van der Waals surface area contributed by atoms with Gasteiger partial charge in [-0.3, -0.25) is 0 Å². The molecule has 0 amide bonds. The molecule has 10 heavy (non-hydrogen) atoms. The number of nitrogens with zero attached hydrogens (tertiary/aromatic N) is 2. The molecule has 3 heteroatoms. The van der Waals surface area contributed by atoms with Crippen LogP contribution in [0.1, 0.15) is 11.5 Å². The maximum atomic E-state index is 4.21. The second-order valence-corrected chi connectivity index (χ2v) is 2.92. The molecule has 0 aliphatic carbocycles. The quantitative estimate of drug-likeness (QED) is 0.577. The summed E-state index contributed by atoms with van der Waals surface area (Å²) in [6.07, 6.45) is 3.89. The molecular weight excluding hydrogens is 144 g/mol. The third-order valence-electron chi connectivity index (χ3n) is 1.27. The van der Waals surface area contributed by atoms with Crippen molar-refractivity contribution in [2.75, 3.05) is 6.26 Å². The summed E-state index contributed by atoms with van der Waals surface area (Å²) in [6.45, 7) is 3.90. The van der Waals surface area contributed by atoms with Crippen molar-refractivity contribution in [3.8, 4) is 0 Å². The third kappa shape index (κ3) is 1.48. The topological polar surface area (TPSA) is 25.8 Å². The second-order valence-electron chi connectivity index (χ2n) is 2.07. The van der Waals surface area contributed by atoms with E-state index in [2.05, 4.69) is 9.97 Å². The van der Waals surface area contributed by atoms with E-state index < -0.39 is 0 Å². The number of aryl methyl sites for hydroxylation is 2. The molecule has 0 N–H and O–H groups in total. The van der Waals surface area contributed by atoms with Gasteiger partial charge in [-0.25, -0.2) is 9.97 Å². The zero-order valence-electron chi connectivity index (χ0n) is 6.38. The van der Waals surface area contributed by atoms with Crippen LogP contribution in [0.15, 0.2) is 11.1 Å². The lowest BCUT2D eigenvalue weighted by atomic mass is 10.4. The molecule has 1 aromatic rings. The molecule has 0 radical (unpaired) electrons. The summed E-state index contributed by atoms with van der Waals surface area (Å²) >= 11 is 1.68. The fraction of sp³-hybridized carbons (Fsp3) is 0.429. The molecule has 0 atom stereocenters.